The summed E-state index contributed by atoms with van der Waals surface area (Å²) in [6.07, 6.45) is 1.82. The molecule has 0 bridgehead atoms. The highest BCUT2D eigenvalue weighted by Crippen LogP contribution is 2.17. The van der Waals surface area contributed by atoms with Crippen LogP contribution in [-0.2, 0) is 23.0 Å². The fraction of sp³-hybridized carbons (Fsp3) is 0.588. The van der Waals surface area contributed by atoms with Gasteiger partial charge in [-0.25, -0.2) is 22.8 Å². The molecule has 9 nitrogen and oxygen atoms in total. The predicted octanol–water partition coefficient (Wildman–Crippen LogP) is 1.54. The highest BCUT2D eigenvalue weighted by atomic mass is 127. The summed E-state index contributed by atoms with van der Waals surface area (Å²) in [6, 6.07) is 3.51. The van der Waals surface area contributed by atoms with Crippen molar-refractivity contribution in [3.63, 3.8) is 0 Å². The molecule has 1 aliphatic heterocycles. The molecule has 3 heterocycles. The fourth-order valence-electron chi connectivity index (χ4n) is 2.93. The zero-order valence-corrected chi connectivity index (χ0v) is 20.7. The number of nitrogens with zero attached hydrogens (tertiary/aromatic N) is 4. The van der Waals surface area contributed by atoms with Crippen LogP contribution >= 0.6 is 35.3 Å². The first-order valence-electron chi connectivity index (χ1n) is 9.33. The van der Waals surface area contributed by atoms with E-state index in [1.807, 2.05) is 4.68 Å². The van der Waals surface area contributed by atoms with E-state index in [1.165, 1.54) is 11.3 Å². The zero-order valence-electron chi connectivity index (χ0n) is 16.8. The third-order valence-electron chi connectivity index (χ3n) is 4.42. The molecule has 12 heteroatoms. The third-order valence-corrected chi connectivity index (χ3v) is 7.28. The lowest BCUT2D eigenvalue weighted by atomic mass is 10.1. The quantitative estimate of drug-likeness (QED) is 0.208. The minimum absolute atomic E-state index is 0. The van der Waals surface area contributed by atoms with Crippen molar-refractivity contribution >= 4 is 51.3 Å². The molecule has 0 aromatic carbocycles. The molecule has 162 valence electrons. The van der Waals surface area contributed by atoms with Gasteiger partial charge in [-0.3, -0.25) is 4.99 Å². The van der Waals surface area contributed by atoms with Gasteiger partial charge in [0.05, 0.1) is 6.54 Å². The normalized spacial score (nSPS) is 17.0. The maximum atomic E-state index is 12.1. The largest absolute Gasteiger partial charge is 0.355 e. The molecule has 2 aromatic rings. The Labute approximate surface area is 192 Å². The average Bonchev–Trinajstić information content (AvgIpc) is 3.33. The van der Waals surface area contributed by atoms with Gasteiger partial charge in [-0.2, -0.15) is 5.10 Å². The number of hydrogen-bond donors (Lipinski definition) is 3. The van der Waals surface area contributed by atoms with Crippen LogP contribution < -0.4 is 15.4 Å². The van der Waals surface area contributed by atoms with Gasteiger partial charge in [-0.05, 0) is 17.9 Å². The molecule has 0 aliphatic carbocycles. The molecule has 0 amide bonds. The Morgan fingerprint density at radius 3 is 2.86 bits per heavy atom. The van der Waals surface area contributed by atoms with Crippen LogP contribution in [0.15, 0.2) is 26.7 Å². The summed E-state index contributed by atoms with van der Waals surface area (Å²) in [4.78, 5) is 8.83. The van der Waals surface area contributed by atoms with Crippen LogP contribution in [-0.4, -0.2) is 55.3 Å². The van der Waals surface area contributed by atoms with Crippen LogP contribution in [0.25, 0.3) is 0 Å². The monoisotopic (exact) mass is 553 g/mol. The van der Waals surface area contributed by atoms with Crippen LogP contribution in [0.4, 0.5) is 0 Å². The lowest BCUT2D eigenvalue weighted by molar-refractivity contribution is 0.391. The first kappa shape index (κ1) is 24.0. The third kappa shape index (κ3) is 6.36. The molecule has 3 rings (SSSR count). The number of rotatable bonds is 7. The van der Waals surface area contributed by atoms with E-state index in [4.69, 9.17) is 0 Å². The molecule has 0 spiro atoms. The summed E-state index contributed by atoms with van der Waals surface area (Å²) in [5.74, 6) is 2.88. The Balaban J connectivity index is 0.00000300. The standard InChI is InChI=1S/C17H27N7O2S2.HI/c1-12(2)16-22-14-7-6-13(11-24(14)23-16)21-17(18-3)19-8-9-20-28(25,26)15-5-4-10-27-15;/h4-5,10,12-13,20H,6-9,11H2,1-3H3,(H2,18,19,21);1H. The van der Waals surface area contributed by atoms with Gasteiger partial charge in [-0.15, -0.1) is 35.3 Å². The van der Waals surface area contributed by atoms with Gasteiger partial charge < -0.3 is 10.6 Å². The first-order chi connectivity index (χ1) is 13.4. The van der Waals surface area contributed by atoms with Gasteiger partial charge in [0, 0.05) is 38.5 Å². The Morgan fingerprint density at radius 2 is 2.21 bits per heavy atom. The molecule has 1 atom stereocenters. The molecule has 1 unspecified atom stereocenters. The van der Waals surface area contributed by atoms with Gasteiger partial charge in [0.2, 0.25) is 10.0 Å². The first-order valence-corrected chi connectivity index (χ1v) is 11.7. The smallest absolute Gasteiger partial charge is 0.250 e. The van der Waals surface area contributed by atoms with Crippen molar-refractivity contribution in [3.8, 4) is 0 Å². The van der Waals surface area contributed by atoms with Crippen molar-refractivity contribution in [1.29, 1.82) is 0 Å². The second-order valence-electron chi connectivity index (χ2n) is 6.93. The topological polar surface area (TPSA) is 113 Å². The molecular weight excluding hydrogens is 525 g/mol. The van der Waals surface area contributed by atoms with Crippen LogP contribution in [0.5, 0.6) is 0 Å². The number of fused-ring (bicyclic) bond motifs is 1. The summed E-state index contributed by atoms with van der Waals surface area (Å²) in [5.41, 5.74) is 0. The van der Waals surface area contributed by atoms with E-state index in [0.29, 0.717) is 22.6 Å². The van der Waals surface area contributed by atoms with Crippen LogP contribution in [0.1, 0.15) is 37.8 Å². The molecule has 0 radical (unpaired) electrons. The lowest BCUT2D eigenvalue weighted by Crippen LogP contribution is -2.48. The SMILES string of the molecule is CN=C(NCCNS(=O)(=O)c1cccs1)NC1CCc2nc(C(C)C)nn2C1.I. The second kappa shape index (κ2) is 10.7. The van der Waals surface area contributed by atoms with Gasteiger partial charge in [0.1, 0.15) is 10.0 Å². The van der Waals surface area contributed by atoms with E-state index < -0.39 is 10.0 Å². The number of guanidine groups is 1. The molecule has 0 fully saturated rings. The Kier molecular flexibility index (Phi) is 8.85. The minimum atomic E-state index is -3.44. The number of nitrogens with one attached hydrogen (secondary N) is 3. The maximum Gasteiger partial charge on any atom is 0.250 e. The van der Waals surface area contributed by atoms with E-state index in [9.17, 15) is 8.42 Å². The molecule has 29 heavy (non-hydrogen) atoms. The highest BCUT2D eigenvalue weighted by molar-refractivity contribution is 14.0. The fourth-order valence-corrected chi connectivity index (χ4v) is 5.00. The summed E-state index contributed by atoms with van der Waals surface area (Å²) >= 11 is 1.20. The summed E-state index contributed by atoms with van der Waals surface area (Å²) < 4.78 is 29.1. The molecule has 1 aliphatic rings. The maximum absolute atomic E-state index is 12.1. The van der Waals surface area contributed by atoms with E-state index in [2.05, 4.69) is 44.3 Å². The minimum Gasteiger partial charge on any atom is -0.355 e. The van der Waals surface area contributed by atoms with Crippen LogP contribution in [0.2, 0.25) is 0 Å². The second-order valence-corrected chi connectivity index (χ2v) is 9.87. The summed E-state index contributed by atoms with van der Waals surface area (Å²) in [5, 5.41) is 12.9. The van der Waals surface area contributed by atoms with E-state index in [0.717, 1.165) is 31.0 Å². The molecule has 3 N–H and O–H groups in total. The number of halogens is 1. The van der Waals surface area contributed by atoms with Gasteiger partial charge in [0.25, 0.3) is 0 Å². The van der Waals surface area contributed by atoms with Crippen LogP contribution in [0, 0.1) is 0 Å². The van der Waals surface area contributed by atoms with Crippen LogP contribution in [0.3, 0.4) is 0 Å². The van der Waals surface area contributed by atoms with Crippen molar-refractivity contribution in [1.82, 2.24) is 30.1 Å². The van der Waals surface area contributed by atoms with E-state index >= 15 is 0 Å². The van der Waals surface area contributed by atoms with Crippen molar-refractivity contribution < 1.29 is 8.42 Å². The number of aryl methyl sites for hydroxylation is 1. The Bertz CT molecular complexity index is 910. The van der Waals surface area contributed by atoms with Crippen molar-refractivity contribution in [2.75, 3.05) is 20.1 Å². The summed E-state index contributed by atoms with van der Waals surface area (Å²) in [7, 11) is -1.74. The van der Waals surface area contributed by atoms with Crippen molar-refractivity contribution in [2.45, 2.75) is 49.4 Å². The number of aliphatic imine (C=N–C) groups is 1. The lowest BCUT2D eigenvalue weighted by Gasteiger charge is -2.25. The molecule has 2 aromatic heterocycles. The number of aromatic nitrogens is 3. The molecular formula is C17H28IN7O2S2. The van der Waals surface area contributed by atoms with E-state index in [-0.39, 0.29) is 36.6 Å². The number of sulfonamides is 1. The molecule has 0 saturated heterocycles. The zero-order chi connectivity index (χ0) is 20.1. The number of thiophene rings is 1. The van der Waals surface area contributed by atoms with E-state index in [1.54, 1.807) is 24.6 Å². The number of hydrogen-bond acceptors (Lipinski definition) is 6. The Morgan fingerprint density at radius 1 is 1.41 bits per heavy atom. The average molecular weight is 553 g/mol. The Hall–Kier alpha value is -1.25. The predicted molar refractivity (Wildman–Crippen MR) is 126 cm³/mol. The molecule has 0 saturated carbocycles. The van der Waals surface area contributed by atoms with Gasteiger partial charge >= 0.3 is 0 Å². The van der Waals surface area contributed by atoms with Crippen molar-refractivity contribution in [3.05, 3.63) is 29.2 Å². The van der Waals surface area contributed by atoms with Gasteiger partial charge in [0.15, 0.2) is 11.8 Å². The summed E-state index contributed by atoms with van der Waals surface area (Å²) in [6.45, 7) is 5.63. The van der Waals surface area contributed by atoms with Crippen molar-refractivity contribution in [2.24, 2.45) is 4.99 Å². The van der Waals surface area contributed by atoms with Gasteiger partial charge in [-0.1, -0.05) is 19.9 Å². The highest BCUT2D eigenvalue weighted by Gasteiger charge is 2.23.